The molecule has 0 aliphatic carbocycles. The van der Waals surface area contributed by atoms with Gasteiger partial charge in [-0.05, 0) is 36.2 Å². The molecule has 2 rings (SSSR count). The molecular weight excluding hydrogens is 452 g/mol. The number of carboxylic acids is 1. The van der Waals surface area contributed by atoms with Crippen molar-refractivity contribution in [2.75, 3.05) is 18.6 Å². The predicted octanol–water partition coefficient (Wildman–Crippen LogP) is 1.68. The zero-order chi connectivity index (χ0) is 26.0. The number of carboxylic acid groups (broad SMARTS) is 1. The van der Waals surface area contributed by atoms with Gasteiger partial charge in [0.05, 0.1) is 26.1 Å². The fourth-order valence-electron chi connectivity index (χ4n) is 3.63. The van der Waals surface area contributed by atoms with Gasteiger partial charge in [-0.3, -0.25) is 19.8 Å². The highest BCUT2D eigenvalue weighted by Gasteiger charge is 2.29. The number of nitrogens with two attached hydrogens (primary N) is 1. The molecule has 0 aromatic heterocycles. The number of nitrogens with zero attached hydrogens (tertiary/aromatic N) is 1. The van der Waals surface area contributed by atoms with Crippen molar-refractivity contribution in [3.8, 4) is 5.75 Å². The molecule has 2 atom stereocenters. The molecule has 0 saturated carbocycles. The van der Waals surface area contributed by atoms with Crippen LogP contribution in [0.25, 0.3) is 0 Å². The maximum atomic E-state index is 12.7. The van der Waals surface area contributed by atoms with Crippen molar-refractivity contribution in [3.05, 3.63) is 59.7 Å². The van der Waals surface area contributed by atoms with Crippen molar-refractivity contribution in [1.29, 1.82) is 5.41 Å². The molecule has 0 radical (unpaired) electrons. The number of aliphatic hydroxyl groups is 1. The van der Waals surface area contributed by atoms with E-state index < -0.39 is 18.1 Å². The number of carbonyl (C=O) groups is 3. The molecule has 0 unspecified atom stereocenters. The van der Waals surface area contributed by atoms with E-state index in [0.717, 1.165) is 0 Å². The summed E-state index contributed by atoms with van der Waals surface area (Å²) < 4.78 is 5.15. The van der Waals surface area contributed by atoms with E-state index in [0.29, 0.717) is 22.6 Å². The molecule has 0 heterocycles. The summed E-state index contributed by atoms with van der Waals surface area (Å²) in [6.45, 7) is 1.58. The van der Waals surface area contributed by atoms with E-state index >= 15 is 0 Å². The van der Waals surface area contributed by atoms with Gasteiger partial charge in [-0.15, -0.1) is 0 Å². The molecule has 188 valence electrons. The highest BCUT2D eigenvalue weighted by Crippen LogP contribution is 2.25. The van der Waals surface area contributed by atoms with Crippen LogP contribution in [0, 0.1) is 5.41 Å². The summed E-state index contributed by atoms with van der Waals surface area (Å²) in [5.74, 6) is -1.20. The normalized spacial score (nSPS) is 12.3. The van der Waals surface area contributed by atoms with Crippen LogP contribution in [0.5, 0.6) is 5.75 Å². The first-order chi connectivity index (χ1) is 16.6. The number of nitrogens with one attached hydrogen (secondary N) is 2. The third-order valence-electron chi connectivity index (χ3n) is 5.41. The summed E-state index contributed by atoms with van der Waals surface area (Å²) in [4.78, 5) is 38.0. The third kappa shape index (κ3) is 8.42. The number of hydrogen-bond acceptors (Lipinski definition) is 6. The quantitative estimate of drug-likeness (QED) is 0.213. The molecule has 6 N–H and O–H groups in total. The minimum absolute atomic E-state index is 0.0440. The van der Waals surface area contributed by atoms with Crippen molar-refractivity contribution < 1.29 is 29.3 Å². The van der Waals surface area contributed by atoms with Gasteiger partial charge in [-0.2, -0.15) is 0 Å². The SMILES string of the molecule is CCC(=O)N(c1ccc(OC)cc1)[C@H](CC(=O)O)C[C@H](O)CNC(=O)Cc1ccc(C(=N)N)cc1. The molecule has 2 amide bonds. The number of amides is 2. The van der Waals surface area contributed by atoms with Crippen LogP contribution in [0.2, 0.25) is 0 Å². The van der Waals surface area contributed by atoms with Crippen molar-refractivity contribution in [2.45, 2.75) is 44.8 Å². The van der Waals surface area contributed by atoms with E-state index in [-0.39, 0.29) is 49.9 Å². The Labute approximate surface area is 204 Å². The lowest BCUT2D eigenvalue weighted by Crippen LogP contribution is -2.45. The number of nitrogen functional groups attached to an aromatic ring is 1. The van der Waals surface area contributed by atoms with Gasteiger partial charge in [0.25, 0.3) is 0 Å². The second kappa shape index (κ2) is 13.1. The van der Waals surface area contributed by atoms with Gasteiger partial charge < -0.3 is 30.9 Å². The Morgan fingerprint density at radius 1 is 1.11 bits per heavy atom. The third-order valence-corrected chi connectivity index (χ3v) is 5.41. The predicted molar refractivity (Wildman–Crippen MR) is 132 cm³/mol. The number of hydrogen-bond donors (Lipinski definition) is 5. The molecule has 0 spiro atoms. The van der Waals surface area contributed by atoms with E-state index in [1.54, 1.807) is 55.5 Å². The molecule has 0 fully saturated rings. The number of amidine groups is 1. The monoisotopic (exact) mass is 484 g/mol. The maximum absolute atomic E-state index is 12.7. The van der Waals surface area contributed by atoms with E-state index in [1.165, 1.54) is 12.0 Å². The fourth-order valence-corrected chi connectivity index (χ4v) is 3.63. The van der Waals surface area contributed by atoms with Crippen molar-refractivity contribution in [1.82, 2.24) is 5.32 Å². The lowest BCUT2D eigenvalue weighted by atomic mass is 10.0. The summed E-state index contributed by atoms with van der Waals surface area (Å²) in [5.41, 5.74) is 7.18. The Kier molecular flexibility index (Phi) is 10.2. The molecule has 10 heteroatoms. The highest BCUT2D eigenvalue weighted by molar-refractivity contribution is 5.95. The van der Waals surface area contributed by atoms with Gasteiger partial charge in [-0.1, -0.05) is 31.2 Å². The number of rotatable bonds is 13. The molecule has 2 aromatic carbocycles. The first-order valence-corrected chi connectivity index (χ1v) is 11.2. The first-order valence-electron chi connectivity index (χ1n) is 11.2. The van der Waals surface area contributed by atoms with Crippen molar-refractivity contribution in [2.24, 2.45) is 5.73 Å². The van der Waals surface area contributed by atoms with E-state index in [9.17, 15) is 24.6 Å². The summed E-state index contributed by atoms with van der Waals surface area (Å²) >= 11 is 0. The molecule has 35 heavy (non-hydrogen) atoms. The standard InChI is InChI=1S/C25H32N4O6/c1-3-23(32)29(18-8-10-21(35-2)11-9-18)19(14-24(33)34)13-20(30)15-28-22(31)12-16-4-6-17(7-5-16)25(26)27/h4-11,19-20,30H,3,12-15H2,1-2H3,(H3,26,27)(H,28,31)(H,33,34)/t19-,20-/m0/s1. The second-order valence-electron chi connectivity index (χ2n) is 8.05. The van der Waals surface area contributed by atoms with Crippen LogP contribution in [0.4, 0.5) is 5.69 Å². The minimum atomic E-state index is -1.11. The average Bonchev–Trinajstić information content (AvgIpc) is 2.83. The zero-order valence-electron chi connectivity index (χ0n) is 19.9. The minimum Gasteiger partial charge on any atom is -0.497 e. The van der Waals surface area contributed by atoms with Crippen LogP contribution < -0.4 is 20.7 Å². The number of carbonyl (C=O) groups excluding carboxylic acids is 2. The molecule has 0 aliphatic heterocycles. The van der Waals surface area contributed by atoms with Gasteiger partial charge in [0.15, 0.2) is 0 Å². The molecule has 0 aliphatic rings. The molecule has 0 bridgehead atoms. The smallest absolute Gasteiger partial charge is 0.305 e. The fraction of sp³-hybridized carbons (Fsp3) is 0.360. The van der Waals surface area contributed by atoms with Crippen LogP contribution in [0.1, 0.15) is 37.3 Å². The lowest BCUT2D eigenvalue weighted by Gasteiger charge is -2.32. The Morgan fingerprint density at radius 3 is 2.26 bits per heavy atom. The van der Waals surface area contributed by atoms with Crippen LogP contribution in [-0.2, 0) is 20.8 Å². The van der Waals surface area contributed by atoms with Gasteiger partial charge >= 0.3 is 5.97 Å². The maximum Gasteiger partial charge on any atom is 0.305 e. The van der Waals surface area contributed by atoms with E-state index in [1.807, 2.05) is 0 Å². The number of benzene rings is 2. The topological polar surface area (TPSA) is 166 Å². The summed E-state index contributed by atoms with van der Waals surface area (Å²) in [5, 5.41) is 30.1. The van der Waals surface area contributed by atoms with E-state index in [4.69, 9.17) is 15.9 Å². The van der Waals surface area contributed by atoms with Crippen LogP contribution in [0.3, 0.4) is 0 Å². The molecule has 0 saturated heterocycles. The molecule has 2 aromatic rings. The number of aliphatic carboxylic acids is 1. The van der Waals surface area contributed by atoms with Crippen molar-refractivity contribution in [3.63, 3.8) is 0 Å². The Balaban J connectivity index is 2.06. The summed E-state index contributed by atoms with van der Waals surface area (Å²) in [7, 11) is 1.52. The number of anilines is 1. The van der Waals surface area contributed by atoms with Crippen LogP contribution >= 0.6 is 0 Å². The van der Waals surface area contributed by atoms with Crippen molar-refractivity contribution >= 4 is 29.3 Å². The van der Waals surface area contributed by atoms with Crippen LogP contribution in [-0.4, -0.2) is 59.6 Å². The summed E-state index contributed by atoms with van der Waals surface area (Å²) in [6, 6.07) is 12.5. The lowest BCUT2D eigenvalue weighted by molar-refractivity contribution is -0.137. The number of methoxy groups -OCH3 is 1. The largest absolute Gasteiger partial charge is 0.497 e. The Hall–Kier alpha value is -3.92. The Morgan fingerprint density at radius 2 is 1.74 bits per heavy atom. The summed E-state index contributed by atoms with van der Waals surface area (Å²) in [6.07, 6.45) is -1.27. The zero-order valence-corrected chi connectivity index (χ0v) is 19.9. The number of aliphatic hydroxyl groups excluding tert-OH is 1. The first kappa shape index (κ1) is 27.3. The Bertz CT molecular complexity index is 1020. The van der Waals surface area contributed by atoms with Gasteiger partial charge in [-0.25, -0.2) is 0 Å². The van der Waals surface area contributed by atoms with Gasteiger partial charge in [0.1, 0.15) is 11.6 Å². The molecule has 10 nitrogen and oxygen atoms in total. The van der Waals surface area contributed by atoms with Gasteiger partial charge in [0, 0.05) is 30.3 Å². The molecular formula is C25H32N4O6. The highest BCUT2D eigenvalue weighted by atomic mass is 16.5. The average molecular weight is 485 g/mol. The second-order valence-corrected chi connectivity index (χ2v) is 8.05. The van der Waals surface area contributed by atoms with E-state index in [2.05, 4.69) is 5.32 Å². The number of ether oxygens (including phenoxy) is 1. The van der Waals surface area contributed by atoms with Gasteiger partial charge in [0.2, 0.25) is 11.8 Å². The van der Waals surface area contributed by atoms with Crippen LogP contribution in [0.15, 0.2) is 48.5 Å².